The van der Waals surface area contributed by atoms with Gasteiger partial charge in [-0.15, -0.1) is 0 Å². The van der Waals surface area contributed by atoms with Crippen LogP contribution in [0.3, 0.4) is 0 Å². The molecule has 1 heterocycles. The van der Waals surface area contributed by atoms with Crippen molar-refractivity contribution in [1.29, 1.82) is 0 Å². The van der Waals surface area contributed by atoms with Gasteiger partial charge in [-0.25, -0.2) is 0 Å². The van der Waals surface area contributed by atoms with E-state index in [0.717, 1.165) is 32.0 Å². The summed E-state index contributed by atoms with van der Waals surface area (Å²) in [6.45, 7) is 2.87. The lowest BCUT2D eigenvalue weighted by molar-refractivity contribution is -0.0404. The monoisotopic (exact) mass is 213 g/mol. The molecule has 2 unspecified atom stereocenters. The maximum Gasteiger partial charge on any atom is 0.0868 e. The fourth-order valence-electron chi connectivity index (χ4n) is 2.25. The molecule has 2 aliphatic rings. The second kappa shape index (κ2) is 5.25. The second-order valence-electron chi connectivity index (χ2n) is 4.97. The normalized spacial score (nSPS) is 30.4. The average Bonchev–Trinajstić information content (AvgIpc) is 3.03. The molecule has 2 rings (SSSR count). The van der Waals surface area contributed by atoms with Crippen LogP contribution < -0.4 is 11.3 Å². The maximum absolute atomic E-state index is 5.77. The minimum atomic E-state index is 0.271. The largest absolute Gasteiger partial charge is 0.374 e. The summed E-state index contributed by atoms with van der Waals surface area (Å²) in [5, 5.41) is 0. The Kier molecular flexibility index (Phi) is 3.97. The molecule has 4 heteroatoms. The van der Waals surface area contributed by atoms with Crippen molar-refractivity contribution in [2.45, 2.75) is 37.8 Å². The third-order valence-electron chi connectivity index (χ3n) is 3.54. The molecule has 1 saturated carbocycles. The van der Waals surface area contributed by atoms with E-state index in [1.54, 1.807) is 0 Å². The van der Waals surface area contributed by atoms with Crippen molar-refractivity contribution >= 4 is 0 Å². The molecule has 4 nitrogen and oxygen atoms in total. The first-order valence-corrected chi connectivity index (χ1v) is 6.06. The maximum atomic E-state index is 5.77. The summed E-state index contributed by atoms with van der Waals surface area (Å²) in [6, 6.07) is 0.327. The van der Waals surface area contributed by atoms with Crippen LogP contribution in [-0.2, 0) is 4.74 Å². The van der Waals surface area contributed by atoms with Crippen molar-refractivity contribution in [3.8, 4) is 0 Å². The number of rotatable bonds is 5. The van der Waals surface area contributed by atoms with Gasteiger partial charge in [0.2, 0.25) is 0 Å². The third kappa shape index (κ3) is 3.41. The van der Waals surface area contributed by atoms with Crippen molar-refractivity contribution < 1.29 is 4.74 Å². The Bertz CT molecular complexity index is 196. The summed E-state index contributed by atoms with van der Waals surface area (Å²) in [4.78, 5) is 2.32. The number of nitrogens with one attached hydrogen (secondary N) is 1. The molecule has 0 aromatic carbocycles. The van der Waals surface area contributed by atoms with Crippen molar-refractivity contribution in [3.05, 3.63) is 0 Å². The van der Waals surface area contributed by atoms with Gasteiger partial charge >= 0.3 is 0 Å². The Morgan fingerprint density at radius 1 is 1.53 bits per heavy atom. The topological polar surface area (TPSA) is 50.5 Å². The Morgan fingerprint density at radius 2 is 2.33 bits per heavy atom. The number of hydrogen-bond donors (Lipinski definition) is 2. The molecule has 1 aliphatic heterocycles. The number of hydrogen-bond acceptors (Lipinski definition) is 4. The van der Waals surface area contributed by atoms with Gasteiger partial charge in [-0.3, -0.25) is 11.3 Å². The first kappa shape index (κ1) is 11.3. The van der Waals surface area contributed by atoms with E-state index in [0.29, 0.717) is 6.04 Å². The predicted octanol–water partition coefficient (Wildman–Crippen LogP) is 0.339. The quantitative estimate of drug-likeness (QED) is 0.511. The van der Waals surface area contributed by atoms with Crippen LogP contribution in [-0.4, -0.2) is 43.8 Å². The molecule has 1 aliphatic carbocycles. The smallest absolute Gasteiger partial charge is 0.0868 e. The molecule has 0 bridgehead atoms. The molecule has 1 saturated heterocycles. The summed E-state index contributed by atoms with van der Waals surface area (Å²) in [6.07, 6.45) is 5.57. The number of nitrogens with zero attached hydrogens (tertiary/aromatic N) is 1. The standard InChI is InChI=1S/C11H23N3O/c1-14-6-7-15-11(8-14)10(13-12)5-4-9-2-3-9/h9-11,13H,2-8,12H2,1H3. The molecule has 2 fully saturated rings. The lowest BCUT2D eigenvalue weighted by Gasteiger charge is -2.34. The van der Waals surface area contributed by atoms with Crippen molar-refractivity contribution in [2.75, 3.05) is 26.7 Å². The summed E-state index contributed by atoms with van der Waals surface area (Å²) in [5.41, 5.74) is 2.92. The van der Waals surface area contributed by atoms with Gasteiger partial charge in [0.15, 0.2) is 0 Å². The van der Waals surface area contributed by atoms with E-state index in [2.05, 4.69) is 17.4 Å². The summed E-state index contributed by atoms with van der Waals surface area (Å²) in [5.74, 6) is 6.58. The van der Waals surface area contributed by atoms with Gasteiger partial charge in [-0.2, -0.15) is 0 Å². The highest BCUT2D eigenvalue weighted by atomic mass is 16.5. The fraction of sp³-hybridized carbons (Fsp3) is 1.00. The van der Waals surface area contributed by atoms with E-state index >= 15 is 0 Å². The number of hydrazine groups is 1. The van der Waals surface area contributed by atoms with Crippen LogP contribution in [0.25, 0.3) is 0 Å². The van der Waals surface area contributed by atoms with Crippen LogP contribution in [0.2, 0.25) is 0 Å². The van der Waals surface area contributed by atoms with Crippen LogP contribution in [0.15, 0.2) is 0 Å². The first-order chi connectivity index (χ1) is 7.29. The first-order valence-electron chi connectivity index (χ1n) is 6.06. The molecule has 88 valence electrons. The molecule has 0 spiro atoms. The SMILES string of the molecule is CN1CCOC(C(CCC2CC2)NN)C1. The van der Waals surface area contributed by atoms with Gasteiger partial charge in [0, 0.05) is 19.1 Å². The Morgan fingerprint density at radius 3 is 2.93 bits per heavy atom. The van der Waals surface area contributed by atoms with Crippen LogP contribution >= 0.6 is 0 Å². The van der Waals surface area contributed by atoms with E-state index in [9.17, 15) is 0 Å². The van der Waals surface area contributed by atoms with Gasteiger partial charge in [0.25, 0.3) is 0 Å². The highest BCUT2D eigenvalue weighted by molar-refractivity contribution is 4.83. The number of nitrogens with two attached hydrogens (primary N) is 1. The van der Waals surface area contributed by atoms with E-state index in [1.807, 2.05) is 0 Å². The zero-order valence-corrected chi connectivity index (χ0v) is 9.61. The Balaban J connectivity index is 1.75. The minimum absolute atomic E-state index is 0.271. The van der Waals surface area contributed by atoms with Gasteiger partial charge < -0.3 is 9.64 Å². The van der Waals surface area contributed by atoms with Crippen molar-refractivity contribution in [3.63, 3.8) is 0 Å². The van der Waals surface area contributed by atoms with Crippen LogP contribution in [0.5, 0.6) is 0 Å². The second-order valence-corrected chi connectivity index (χ2v) is 4.97. The van der Waals surface area contributed by atoms with E-state index < -0.39 is 0 Å². The molecule has 15 heavy (non-hydrogen) atoms. The lowest BCUT2D eigenvalue weighted by atomic mass is 10.0. The van der Waals surface area contributed by atoms with E-state index in [1.165, 1.54) is 19.3 Å². The van der Waals surface area contributed by atoms with E-state index in [4.69, 9.17) is 10.6 Å². The fourth-order valence-corrected chi connectivity index (χ4v) is 2.25. The molecule has 3 N–H and O–H groups in total. The molecule has 0 aromatic rings. The van der Waals surface area contributed by atoms with Gasteiger partial charge in [0.1, 0.15) is 0 Å². The van der Waals surface area contributed by atoms with Crippen LogP contribution in [0.1, 0.15) is 25.7 Å². The highest BCUT2D eigenvalue weighted by Gasteiger charge is 2.28. The van der Waals surface area contributed by atoms with Gasteiger partial charge in [-0.1, -0.05) is 12.8 Å². The van der Waals surface area contributed by atoms with Gasteiger partial charge in [0.05, 0.1) is 12.7 Å². The predicted molar refractivity (Wildman–Crippen MR) is 60.3 cm³/mol. The molecular weight excluding hydrogens is 190 g/mol. The molecular formula is C11H23N3O. The van der Waals surface area contributed by atoms with Crippen molar-refractivity contribution in [2.24, 2.45) is 11.8 Å². The van der Waals surface area contributed by atoms with Gasteiger partial charge in [-0.05, 0) is 25.8 Å². The molecule has 0 radical (unpaired) electrons. The van der Waals surface area contributed by atoms with Crippen LogP contribution in [0, 0.1) is 5.92 Å². The molecule has 0 amide bonds. The highest BCUT2D eigenvalue weighted by Crippen LogP contribution is 2.34. The third-order valence-corrected chi connectivity index (χ3v) is 3.54. The number of ether oxygens (including phenoxy) is 1. The molecule has 0 aromatic heterocycles. The summed E-state index contributed by atoms with van der Waals surface area (Å²) in [7, 11) is 2.14. The number of morpholine rings is 1. The Labute approximate surface area is 92.1 Å². The average molecular weight is 213 g/mol. The Hall–Kier alpha value is -0.160. The summed E-state index contributed by atoms with van der Waals surface area (Å²) < 4.78 is 5.77. The molecule has 2 atom stereocenters. The zero-order chi connectivity index (χ0) is 10.7. The number of likely N-dealkylation sites (N-methyl/N-ethyl adjacent to an activating group) is 1. The van der Waals surface area contributed by atoms with Crippen LogP contribution in [0.4, 0.5) is 0 Å². The minimum Gasteiger partial charge on any atom is -0.374 e. The lowest BCUT2D eigenvalue weighted by Crippen LogP contribution is -2.53. The van der Waals surface area contributed by atoms with Crippen molar-refractivity contribution in [1.82, 2.24) is 10.3 Å². The van der Waals surface area contributed by atoms with E-state index in [-0.39, 0.29) is 6.10 Å². The zero-order valence-electron chi connectivity index (χ0n) is 9.61. The summed E-state index contributed by atoms with van der Waals surface area (Å²) >= 11 is 0.